The number of aryl methyl sites for hydroxylation is 2. The van der Waals surface area contributed by atoms with E-state index in [1.165, 1.54) is 47.0 Å². The number of benzene rings is 1. The SMILES string of the molecule is c1ccc2c(CNCC3CN(c4cc5c(nn4)CCCC5)C3)c[nH]c2c1. The molecule has 1 aromatic carbocycles. The van der Waals surface area contributed by atoms with Crippen LogP contribution < -0.4 is 10.2 Å². The molecule has 1 aliphatic heterocycles. The zero-order valence-corrected chi connectivity index (χ0v) is 15.0. The molecule has 0 radical (unpaired) electrons. The normalized spacial score (nSPS) is 17.3. The van der Waals surface area contributed by atoms with Gasteiger partial charge in [0.2, 0.25) is 0 Å². The van der Waals surface area contributed by atoms with Crippen LogP contribution in [-0.2, 0) is 19.4 Å². The van der Waals surface area contributed by atoms with E-state index in [-0.39, 0.29) is 0 Å². The van der Waals surface area contributed by atoms with Crippen molar-refractivity contribution >= 4 is 16.7 Å². The highest BCUT2D eigenvalue weighted by atomic mass is 15.3. The smallest absolute Gasteiger partial charge is 0.151 e. The highest BCUT2D eigenvalue weighted by molar-refractivity contribution is 5.82. The number of aromatic amines is 1. The van der Waals surface area contributed by atoms with Crippen molar-refractivity contribution in [3.05, 3.63) is 53.3 Å². The largest absolute Gasteiger partial charge is 0.361 e. The van der Waals surface area contributed by atoms with Gasteiger partial charge in [0.15, 0.2) is 5.82 Å². The molecule has 0 saturated carbocycles. The van der Waals surface area contributed by atoms with E-state index in [9.17, 15) is 0 Å². The van der Waals surface area contributed by atoms with E-state index in [0.29, 0.717) is 5.92 Å². The number of nitrogens with zero attached hydrogens (tertiary/aromatic N) is 3. The Morgan fingerprint density at radius 1 is 1.12 bits per heavy atom. The van der Waals surface area contributed by atoms with E-state index in [1.54, 1.807) is 0 Å². The predicted octanol–water partition coefficient (Wildman–Crippen LogP) is 3.06. The van der Waals surface area contributed by atoms with Crippen LogP contribution >= 0.6 is 0 Å². The van der Waals surface area contributed by atoms with E-state index < -0.39 is 0 Å². The molecular formula is C21H25N5. The number of anilines is 1. The van der Waals surface area contributed by atoms with Crippen LogP contribution in [0.25, 0.3) is 10.9 Å². The lowest BCUT2D eigenvalue weighted by atomic mass is 9.95. The van der Waals surface area contributed by atoms with Gasteiger partial charge in [0.1, 0.15) is 0 Å². The molecular weight excluding hydrogens is 322 g/mol. The maximum Gasteiger partial charge on any atom is 0.151 e. The van der Waals surface area contributed by atoms with Gasteiger partial charge in [-0.3, -0.25) is 0 Å². The molecule has 3 aromatic rings. The van der Waals surface area contributed by atoms with Crippen LogP contribution in [0.4, 0.5) is 5.82 Å². The number of para-hydroxylation sites is 1. The third-order valence-electron chi connectivity index (χ3n) is 5.76. The number of hydrogen-bond donors (Lipinski definition) is 2. The number of hydrogen-bond acceptors (Lipinski definition) is 4. The summed E-state index contributed by atoms with van der Waals surface area (Å²) in [5, 5.41) is 13.9. The number of nitrogens with one attached hydrogen (secondary N) is 2. The van der Waals surface area contributed by atoms with Crippen molar-refractivity contribution in [3.63, 3.8) is 0 Å². The van der Waals surface area contributed by atoms with Crippen LogP contribution in [0.2, 0.25) is 0 Å². The van der Waals surface area contributed by atoms with E-state index >= 15 is 0 Å². The first-order valence-electron chi connectivity index (χ1n) is 9.73. The number of rotatable bonds is 5. The molecule has 26 heavy (non-hydrogen) atoms. The van der Waals surface area contributed by atoms with Crippen LogP contribution in [0.15, 0.2) is 36.5 Å². The minimum atomic E-state index is 0.693. The predicted molar refractivity (Wildman–Crippen MR) is 104 cm³/mol. The molecule has 2 aliphatic rings. The fraction of sp³-hybridized carbons (Fsp3) is 0.429. The summed E-state index contributed by atoms with van der Waals surface area (Å²) in [6.45, 7) is 4.12. The Hall–Kier alpha value is -2.40. The quantitative estimate of drug-likeness (QED) is 0.745. The molecule has 1 aliphatic carbocycles. The van der Waals surface area contributed by atoms with Crippen LogP contribution in [-0.4, -0.2) is 34.8 Å². The lowest BCUT2D eigenvalue weighted by Crippen LogP contribution is -2.51. The second-order valence-electron chi connectivity index (χ2n) is 7.64. The van der Waals surface area contributed by atoms with Gasteiger partial charge < -0.3 is 15.2 Å². The molecule has 5 nitrogen and oxygen atoms in total. The minimum Gasteiger partial charge on any atom is -0.361 e. The van der Waals surface area contributed by atoms with Gasteiger partial charge >= 0.3 is 0 Å². The van der Waals surface area contributed by atoms with Crippen molar-refractivity contribution in [2.45, 2.75) is 32.2 Å². The van der Waals surface area contributed by atoms with E-state index in [1.807, 2.05) is 0 Å². The molecule has 0 bridgehead atoms. The Balaban J connectivity index is 1.13. The molecule has 1 saturated heterocycles. The van der Waals surface area contributed by atoms with Crippen LogP contribution in [0, 0.1) is 5.92 Å². The van der Waals surface area contributed by atoms with Gasteiger partial charge in [0.25, 0.3) is 0 Å². The standard InChI is InChI=1S/C21H25N5/c1-3-7-19-16(5-1)9-21(25-24-19)26-13-15(14-26)10-22-11-17-12-23-20-8-4-2-6-18(17)20/h2,4,6,8-9,12,15,22-23H,1,3,5,7,10-11,13-14H2. The third kappa shape index (κ3) is 2.97. The maximum atomic E-state index is 4.46. The summed E-state index contributed by atoms with van der Waals surface area (Å²) in [4.78, 5) is 5.71. The average molecular weight is 347 g/mol. The molecule has 0 amide bonds. The summed E-state index contributed by atoms with van der Waals surface area (Å²) >= 11 is 0. The lowest BCUT2D eigenvalue weighted by Gasteiger charge is -2.40. The van der Waals surface area contributed by atoms with Crippen LogP contribution in [0.3, 0.4) is 0 Å². The van der Waals surface area contributed by atoms with Gasteiger partial charge in [-0.25, -0.2) is 0 Å². The molecule has 2 aromatic heterocycles. The molecule has 1 fully saturated rings. The first-order chi connectivity index (χ1) is 12.9. The second-order valence-corrected chi connectivity index (χ2v) is 7.64. The lowest BCUT2D eigenvalue weighted by molar-refractivity contribution is 0.381. The summed E-state index contributed by atoms with van der Waals surface area (Å²) in [7, 11) is 0. The van der Waals surface area contributed by atoms with Crippen molar-refractivity contribution in [3.8, 4) is 0 Å². The van der Waals surface area contributed by atoms with Gasteiger partial charge in [0, 0.05) is 49.2 Å². The topological polar surface area (TPSA) is 56.8 Å². The Morgan fingerprint density at radius 2 is 2.00 bits per heavy atom. The third-order valence-corrected chi connectivity index (χ3v) is 5.76. The van der Waals surface area contributed by atoms with E-state index in [4.69, 9.17) is 0 Å². The Kier molecular flexibility index (Phi) is 4.09. The van der Waals surface area contributed by atoms with Crippen molar-refractivity contribution in [1.82, 2.24) is 20.5 Å². The monoisotopic (exact) mass is 347 g/mol. The van der Waals surface area contributed by atoms with Crippen LogP contribution in [0.1, 0.15) is 29.7 Å². The summed E-state index contributed by atoms with van der Waals surface area (Å²) in [5.74, 6) is 1.76. The first kappa shape index (κ1) is 15.8. The van der Waals surface area contributed by atoms with Crippen molar-refractivity contribution in [2.75, 3.05) is 24.5 Å². The van der Waals surface area contributed by atoms with Crippen molar-refractivity contribution < 1.29 is 0 Å². The molecule has 3 heterocycles. The molecule has 134 valence electrons. The molecule has 0 atom stereocenters. The van der Waals surface area contributed by atoms with Gasteiger partial charge in [0.05, 0.1) is 5.69 Å². The van der Waals surface area contributed by atoms with E-state index in [2.05, 4.69) is 61.9 Å². The highest BCUT2D eigenvalue weighted by Crippen LogP contribution is 2.26. The zero-order chi connectivity index (χ0) is 17.3. The Morgan fingerprint density at radius 3 is 2.96 bits per heavy atom. The maximum absolute atomic E-state index is 4.46. The second kappa shape index (κ2) is 6.72. The van der Waals surface area contributed by atoms with E-state index in [0.717, 1.165) is 38.4 Å². The summed E-state index contributed by atoms with van der Waals surface area (Å²) < 4.78 is 0. The summed E-state index contributed by atoms with van der Waals surface area (Å²) in [6, 6.07) is 10.8. The Labute approximate surface area is 153 Å². The fourth-order valence-corrected chi connectivity index (χ4v) is 4.21. The average Bonchev–Trinajstić information content (AvgIpc) is 3.06. The molecule has 5 rings (SSSR count). The van der Waals surface area contributed by atoms with Crippen molar-refractivity contribution in [1.29, 1.82) is 0 Å². The molecule has 2 N–H and O–H groups in total. The zero-order valence-electron chi connectivity index (χ0n) is 15.0. The van der Waals surface area contributed by atoms with Gasteiger partial charge in [-0.1, -0.05) is 18.2 Å². The molecule has 5 heteroatoms. The highest BCUT2D eigenvalue weighted by Gasteiger charge is 2.28. The van der Waals surface area contributed by atoms with Crippen molar-refractivity contribution in [2.24, 2.45) is 5.92 Å². The fourth-order valence-electron chi connectivity index (χ4n) is 4.21. The first-order valence-corrected chi connectivity index (χ1v) is 9.73. The molecule has 0 spiro atoms. The van der Waals surface area contributed by atoms with Crippen LogP contribution in [0.5, 0.6) is 0 Å². The van der Waals surface area contributed by atoms with Gasteiger partial charge in [-0.05, 0) is 48.9 Å². The summed E-state index contributed by atoms with van der Waals surface area (Å²) in [6.07, 6.45) is 6.94. The van der Waals surface area contributed by atoms with Gasteiger partial charge in [-0.15, -0.1) is 5.10 Å². The number of fused-ring (bicyclic) bond motifs is 2. The Bertz CT molecular complexity index is 910. The molecule has 0 unspecified atom stereocenters. The number of H-pyrrole nitrogens is 1. The number of aromatic nitrogens is 3. The minimum absolute atomic E-state index is 0.693. The summed E-state index contributed by atoms with van der Waals surface area (Å²) in [5.41, 5.74) is 5.20. The van der Waals surface area contributed by atoms with Gasteiger partial charge in [-0.2, -0.15) is 5.10 Å².